The Morgan fingerprint density at radius 2 is 2.00 bits per heavy atom. The molecule has 1 aromatic carbocycles. The molecule has 0 aliphatic carbocycles. The standard InChI is InChI=1S/C14H9Cl2N3O/c15-7-1-2-11(17)8(5-7)13(20)9-6-19-14-12(9)10(16)3-4-18-14/h1-6H,17H2,(H,18,19). The molecule has 0 radical (unpaired) electrons. The zero-order valence-electron chi connectivity index (χ0n) is 10.2. The van der Waals surface area contributed by atoms with Gasteiger partial charge in [0.2, 0.25) is 0 Å². The molecule has 2 heterocycles. The number of nitrogens with zero attached hydrogens (tertiary/aromatic N) is 1. The zero-order chi connectivity index (χ0) is 14.3. The van der Waals surface area contributed by atoms with Crippen molar-refractivity contribution in [1.82, 2.24) is 9.97 Å². The summed E-state index contributed by atoms with van der Waals surface area (Å²) >= 11 is 12.1. The monoisotopic (exact) mass is 305 g/mol. The number of hydrogen-bond acceptors (Lipinski definition) is 3. The Morgan fingerprint density at radius 3 is 2.80 bits per heavy atom. The molecule has 20 heavy (non-hydrogen) atoms. The Hall–Kier alpha value is -2.04. The normalized spacial score (nSPS) is 10.9. The molecule has 0 saturated heterocycles. The third kappa shape index (κ3) is 2.03. The van der Waals surface area contributed by atoms with Gasteiger partial charge < -0.3 is 10.7 Å². The molecule has 100 valence electrons. The number of nitrogens with one attached hydrogen (secondary N) is 1. The van der Waals surface area contributed by atoms with Crippen LogP contribution in [-0.4, -0.2) is 15.8 Å². The van der Waals surface area contributed by atoms with Crippen LogP contribution in [0, 0.1) is 0 Å². The number of aromatic nitrogens is 2. The summed E-state index contributed by atoms with van der Waals surface area (Å²) in [6.45, 7) is 0. The first-order valence-corrected chi connectivity index (χ1v) is 6.55. The second-order valence-electron chi connectivity index (χ2n) is 4.28. The number of aromatic amines is 1. The van der Waals surface area contributed by atoms with Crippen molar-refractivity contribution in [2.24, 2.45) is 0 Å². The lowest BCUT2D eigenvalue weighted by molar-refractivity contribution is 0.104. The number of hydrogen-bond donors (Lipinski definition) is 2. The van der Waals surface area contributed by atoms with Gasteiger partial charge in [-0.3, -0.25) is 4.79 Å². The highest BCUT2D eigenvalue weighted by molar-refractivity contribution is 6.37. The van der Waals surface area contributed by atoms with Crippen LogP contribution < -0.4 is 5.73 Å². The molecule has 6 heteroatoms. The van der Waals surface area contributed by atoms with E-state index in [1.807, 2.05) is 0 Å². The van der Waals surface area contributed by atoms with Crippen molar-refractivity contribution >= 4 is 45.7 Å². The number of halogens is 2. The fourth-order valence-electron chi connectivity index (χ4n) is 2.07. The summed E-state index contributed by atoms with van der Waals surface area (Å²) in [6, 6.07) is 6.42. The minimum absolute atomic E-state index is 0.244. The summed E-state index contributed by atoms with van der Waals surface area (Å²) in [7, 11) is 0. The van der Waals surface area contributed by atoms with Crippen LogP contribution in [0.2, 0.25) is 10.0 Å². The van der Waals surface area contributed by atoms with Gasteiger partial charge in [-0.15, -0.1) is 0 Å². The van der Waals surface area contributed by atoms with Crippen LogP contribution >= 0.6 is 23.2 Å². The number of ketones is 1. The molecular formula is C14H9Cl2N3O. The van der Waals surface area contributed by atoms with E-state index in [9.17, 15) is 4.79 Å². The molecule has 0 aliphatic rings. The third-order valence-electron chi connectivity index (χ3n) is 3.03. The minimum Gasteiger partial charge on any atom is -0.398 e. The summed E-state index contributed by atoms with van der Waals surface area (Å²) < 4.78 is 0. The van der Waals surface area contributed by atoms with Crippen LogP contribution in [0.15, 0.2) is 36.7 Å². The molecule has 3 aromatic rings. The van der Waals surface area contributed by atoms with Gasteiger partial charge in [-0.25, -0.2) is 4.98 Å². The van der Waals surface area contributed by atoms with E-state index in [-0.39, 0.29) is 5.78 Å². The van der Waals surface area contributed by atoms with E-state index < -0.39 is 0 Å². The minimum atomic E-state index is -0.244. The number of fused-ring (bicyclic) bond motifs is 1. The smallest absolute Gasteiger partial charge is 0.197 e. The van der Waals surface area contributed by atoms with E-state index in [1.54, 1.807) is 36.7 Å². The lowest BCUT2D eigenvalue weighted by atomic mass is 10.0. The van der Waals surface area contributed by atoms with Gasteiger partial charge in [-0.1, -0.05) is 23.2 Å². The molecular weight excluding hydrogens is 297 g/mol. The van der Waals surface area contributed by atoms with E-state index in [0.717, 1.165) is 0 Å². The molecule has 0 spiro atoms. The molecule has 0 unspecified atom stereocenters. The number of carbonyl (C=O) groups excluding carboxylic acids is 1. The molecule has 0 aliphatic heterocycles. The van der Waals surface area contributed by atoms with Crippen LogP contribution in [0.5, 0.6) is 0 Å². The first kappa shape index (κ1) is 13.0. The summed E-state index contributed by atoms with van der Waals surface area (Å²) in [4.78, 5) is 19.7. The summed E-state index contributed by atoms with van der Waals surface area (Å²) in [5.41, 5.74) is 7.54. The average Bonchev–Trinajstić information content (AvgIpc) is 2.86. The first-order valence-electron chi connectivity index (χ1n) is 5.79. The number of pyridine rings is 1. The van der Waals surface area contributed by atoms with E-state index in [4.69, 9.17) is 28.9 Å². The number of H-pyrrole nitrogens is 1. The second-order valence-corrected chi connectivity index (χ2v) is 5.12. The number of rotatable bonds is 2. The maximum absolute atomic E-state index is 12.6. The molecule has 0 fully saturated rings. The number of nitrogens with two attached hydrogens (primary N) is 1. The Morgan fingerprint density at radius 1 is 1.20 bits per heavy atom. The summed E-state index contributed by atoms with van der Waals surface area (Å²) in [5.74, 6) is -0.244. The van der Waals surface area contributed by atoms with Crippen LogP contribution in [-0.2, 0) is 0 Å². The highest BCUT2D eigenvalue weighted by Crippen LogP contribution is 2.29. The zero-order valence-corrected chi connectivity index (χ0v) is 11.7. The van der Waals surface area contributed by atoms with Crippen molar-refractivity contribution in [3.8, 4) is 0 Å². The van der Waals surface area contributed by atoms with E-state index in [1.165, 1.54) is 0 Å². The van der Waals surface area contributed by atoms with E-state index in [0.29, 0.717) is 37.9 Å². The molecule has 3 N–H and O–H groups in total. The Kier molecular flexibility index (Phi) is 3.12. The van der Waals surface area contributed by atoms with Crippen LogP contribution in [0.3, 0.4) is 0 Å². The van der Waals surface area contributed by atoms with Crippen LogP contribution in [0.4, 0.5) is 5.69 Å². The lowest BCUT2D eigenvalue weighted by Crippen LogP contribution is -2.05. The van der Waals surface area contributed by atoms with E-state index in [2.05, 4.69) is 9.97 Å². The SMILES string of the molecule is Nc1ccc(Cl)cc1C(=O)c1c[nH]c2nccc(Cl)c12. The fourth-order valence-corrected chi connectivity index (χ4v) is 2.49. The van der Waals surface area contributed by atoms with Crippen molar-refractivity contribution in [3.63, 3.8) is 0 Å². The summed E-state index contributed by atoms with van der Waals surface area (Å²) in [6.07, 6.45) is 3.15. The topological polar surface area (TPSA) is 71.8 Å². The first-order chi connectivity index (χ1) is 9.58. The van der Waals surface area contributed by atoms with Crippen LogP contribution in [0.1, 0.15) is 15.9 Å². The van der Waals surface area contributed by atoms with Gasteiger partial charge in [-0.2, -0.15) is 0 Å². The molecule has 4 nitrogen and oxygen atoms in total. The van der Waals surface area contributed by atoms with Crippen molar-refractivity contribution in [2.75, 3.05) is 5.73 Å². The second kappa shape index (κ2) is 4.81. The Balaban J connectivity index is 2.21. The molecule has 0 atom stereocenters. The van der Waals surface area contributed by atoms with Gasteiger partial charge in [0.1, 0.15) is 5.65 Å². The van der Waals surface area contributed by atoms with Gasteiger partial charge in [0.25, 0.3) is 0 Å². The van der Waals surface area contributed by atoms with Crippen molar-refractivity contribution in [2.45, 2.75) is 0 Å². The van der Waals surface area contributed by atoms with Gasteiger partial charge >= 0.3 is 0 Å². The lowest BCUT2D eigenvalue weighted by Gasteiger charge is -2.05. The highest BCUT2D eigenvalue weighted by Gasteiger charge is 2.19. The maximum Gasteiger partial charge on any atom is 0.197 e. The number of benzene rings is 1. The Bertz CT molecular complexity index is 826. The molecule has 0 saturated carbocycles. The van der Waals surface area contributed by atoms with Crippen LogP contribution in [0.25, 0.3) is 11.0 Å². The molecule has 3 rings (SSSR count). The third-order valence-corrected chi connectivity index (χ3v) is 3.58. The summed E-state index contributed by atoms with van der Waals surface area (Å²) in [5, 5.41) is 1.49. The fraction of sp³-hybridized carbons (Fsp3) is 0. The maximum atomic E-state index is 12.6. The molecule has 0 bridgehead atoms. The van der Waals surface area contributed by atoms with Gasteiger partial charge in [0.15, 0.2) is 5.78 Å². The van der Waals surface area contributed by atoms with Crippen molar-refractivity contribution in [1.29, 1.82) is 0 Å². The van der Waals surface area contributed by atoms with Crippen molar-refractivity contribution in [3.05, 3.63) is 57.8 Å². The quantitative estimate of drug-likeness (QED) is 0.560. The predicted octanol–water partition coefficient (Wildman–Crippen LogP) is 3.68. The number of anilines is 1. The average molecular weight is 306 g/mol. The van der Waals surface area contributed by atoms with Gasteiger partial charge in [0.05, 0.1) is 10.6 Å². The number of carbonyl (C=O) groups is 1. The van der Waals surface area contributed by atoms with Gasteiger partial charge in [-0.05, 0) is 24.3 Å². The number of nitrogen functional groups attached to an aromatic ring is 1. The highest BCUT2D eigenvalue weighted by atomic mass is 35.5. The Labute approximate surface area is 124 Å². The largest absolute Gasteiger partial charge is 0.398 e. The molecule has 2 aromatic heterocycles. The van der Waals surface area contributed by atoms with E-state index >= 15 is 0 Å². The van der Waals surface area contributed by atoms with Crippen molar-refractivity contribution < 1.29 is 4.79 Å². The predicted molar refractivity (Wildman–Crippen MR) is 80.4 cm³/mol. The molecule has 0 amide bonds. The van der Waals surface area contributed by atoms with Gasteiger partial charge in [0, 0.05) is 34.1 Å².